The highest BCUT2D eigenvalue weighted by Crippen LogP contribution is 2.35. The number of anilines is 1. The molecule has 2 rings (SSSR count). The number of amides is 4. The van der Waals surface area contributed by atoms with E-state index in [4.69, 9.17) is 21.2 Å². The van der Waals surface area contributed by atoms with Crippen molar-refractivity contribution in [2.45, 2.75) is 38.4 Å². The van der Waals surface area contributed by atoms with Crippen molar-refractivity contribution < 1.29 is 50.0 Å². The first kappa shape index (κ1) is 17.1. The minimum atomic E-state index is -5.46. The predicted molar refractivity (Wildman–Crippen MR) is 106 cm³/mol. The maximum Gasteiger partial charge on any atom is 0.409 e. The SMILES string of the molecule is [2H]C([2H])([2H])C([2H])(N(C)S(=O)(=O)NC(=O)c1cc(N2C(=O)CC(C(F)(F)F)N(C)C2=O)c(F)cc1Cl)C([2H])([2H])[2H]. The first-order valence-corrected chi connectivity index (χ1v) is 10.1. The molecule has 0 radical (unpaired) electrons. The maximum absolute atomic E-state index is 14.7. The largest absolute Gasteiger partial charge is 0.409 e. The van der Waals surface area contributed by atoms with Crippen LogP contribution in [0.5, 0.6) is 0 Å². The minimum Gasteiger partial charge on any atom is -0.314 e. The molecule has 0 aromatic heterocycles. The molecule has 1 heterocycles. The van der Waals surface area contributed by atoms with E-state index >= 15 is 0 Å². The Morgan fingerprint density at radius 2 is 1.97 bits per heavy atom. The molecule has 1 aromatic carbocycles. The molecule has 0 aliphatic carbocycles. The normalized spacial score (nSPS) is 22.4. The van der Waals surface area contributed by atoms with Crippen molar-refractivity contribution in [3.05, 3.63) is 28.5 Å². The molecule has 1 aromatic rings. The number of carbonyl (C=O) groups excluding carboxylic acids is 3. The van der Waals surface area contributed by atoms with Gasteiger partial charge >= 0.3 is 22.4 Å². The van der Waals surface area contributed by atoms with Gasteiger partial charge in [0.25, 0.3) is 5.91 Å². The zero-order chi connectivity index (χ0) is 30.7. The smallest absolute Gasteiger partial charge is 0.314 e. The highest BCUT2D eigenvalue weighted by atomic mass is 35.5. The van der Waals surface area contributed by atoms with E-state index in [1.54, 1.807) is 0 Å². The summed E-state index contributed by atoms with van der Waals surface area (Å²) in [6.07, 6.45) is -6.32. The van der Waals surface area contributed by atoms with Crippen LogP contribution in [0.15, 0.2) is 12.1 Å². The lowest BCUT2D eigenvalue weighted by Crippen LogP contribution is -2.60. The molecule has 1 unspecified atom stereocenters. The van der Waals surface area contributed by atoms with Crippen LogP contribution in [-0.2, 0) is 15.0 Å². The van der Waals surface area contributed by atoms with E-state index < -0.39 is 92.8 Å². The Morgan fingerprint density at radius 1 is 1.38 bits per heavy atom. The summed E-state index contributed by atoms with van der Waals surface area (Å²) in [6.45, 7) is -7.53. The summed E-state index contributed by atoms with van der Waals surface area (Å²) >= 11 is 5.79. The Hall–Kier alpha value is -2.45. The average molecular weight is 510 g/mol. The highest BCUT2D eigenvalue weighted by molar-refractivity contribution is 7.87. The Labute approximate surface area is 195 Å². The molecule has 15 heteroatoms. The summed E-state index contributed by atoms with van der Waals surface area (Å²) in [5.41, 5.74) is -2.04. The van der Waals surface area contributed by atoms with Gasteiger partial charge in [-0.25, -0.2) is 18.8 Å². The number of alkyl halides is 3. The molecule has 0 spiro atoms. The van der Waals surface area contributed by atoms with Crippen molar-refractivity contribution >= 4 is 45.3 Å². The van der Waals surface area contributed by atoms with Crippen LogP contribution in [0, 0.1) is 5.82 Å². The first-order valence-electron chi connectivity index (χ1n) is 11.8. The van der Waals surface area contributed by atoms with E-state index in [-0.39, 0.29) is 9.80 Å². The molecule has 0 saturated carbocycles. The fourth-order valence-corrected chi connectivity index (χ4v) is 3.57. The molecule has 0 bridgehead atoms. The highest BCUT2D eigenvalue weighted by Gasteiger charge is 2.51. The monoisotopic (exact) mass is 509 g/mol. The summed E-state index contributed by atoms with van der Waals surface area (Å²) in [5, 5.41) is -0.825. The predicted octanol–water partition coefficient (Wildman–Crippen LogP) is 2.51. The number of hydrogen-bond donors (Lipinski definition) is 1. The molecule has 1 fully saturated rings. The second kappa shape index (κ2) is 8.83. The van der Waals surface area contributed by atoms with Crippen molar-refractivity contribution in [1.29, 1.82) is 0 Å². The molecule has 178 valence electrons. The van der Waals surface area contributed by atoms with Gasteiger partial charge in [0.05, 0.1) is 22.7 Å². The van der Waals surface area contributed by atoms with Crippen LogP contribution >= 0.6 is 11.6 Å². The lowest BCUT2D eigenvalue weighted by atomic mass is 10.1. The molecule has 9 nitrogen and oxygen atoms in total. The minimum absolute atomic E-state index is 0.0244. The van der Waals surface area contributed by atoms with Crippen LogP contribution < -0.4 is 9.62 Å². The average Bonchev–Trinajstić information content (AvgIpc) is 2.73. The zero-order valence-corrected chi connectivity index (χ0v) is 17.7. The molecule has 1 atom stereocenters. The van der Waals surface area contributed by atoms with E-state index in [1.165, 1.54) is 4.72 Å². The fourth-order valence-electron chi connectivity index (χ4n) is 2.61. The van der Waals surface area contributed by atoms with Gasteiger partial charge in [-0.3, -0.25) is 9.59 Å². The van der Waals surface area contributed by atoms with Crippen LogP contribution in [0.1, 0.15) is 40.1 Å². The van der Waals surface area contributed by atoms with Crippen molar-refractivity contribution in [2.24, 2.45) is 0 Å². The van der Waals surface area contributed by atoms with E-state index in [2.05, 4.69) is 0 Å². The van der Waals surface area contributed by atoms with Crippen molar-refractivity contribution in [3.63, 3.8) is 0 Å². The van der Waals surface area contributed by atoms with Gasteiger partial charge in [0, 0.05) is 29.7 Å². The summed E-state index contributed by atoms with van der Waals surface area (Å²) < 4.78 is 133. The van der Waals surface area contributed by atoms with Gasteiger partial charge < -0.3 is 4.90 Å². The lowest BCUT2D eigenvalue weighted by Gasteiger charge is -2.38. The number of imide groups is 1. The Morgan fingerprint density at radius 3 is 2.50 bits per heavy atom. The molecule has 1 aliphatic rings. The van der Waals surface area contributed by atoms with E-state index in [0.717, 1.165) is 0 Å². The summed E-state index contributed by atoms with van der Waals surface area (Å²) in [7, 11) is -4.38. The number of benzene rings is 1. The Bertz CT molecular complexity index is 1300. The fraction of sp³-hybridized carbons (Fsp3) is 0.471. The standard InChI is InChI=1S/C17H19ClF4N4O5S/c1-8(2)25(4)32(30,31)23-15(28)9-5-12(11(19)6-10(9)18)26-14(27)7-13(17(20,21)22)24(3)16(26)29/h5-6,8,13H,7H2,1-4H3,(H,23,28)/i1D3,2D3,8D. The number of carbonyl (C=O) groups is 3. The van der Waals surface area contributed by atoms with Crippen molar-refractivity contribution in [3.8, 4) is 0 Å². The van der Waals surface area contributed by atoms with Gasteiger partial charge in [0.2, 0.25) is 5.91 Å². The van der Waals surface area contributed by atoms with Crippen molar-refractivity contribution in [2.75, 3.05) is 19.0 Å². The third-order valence-electron chi connectivity index (χ3n) is 4.37. The van der Waals surface area contributed by atoms with Gasteiger partial charge in [-0.1, -0.05) is 11.6 Å². The summed E-state index contributed by atoms with van der Waals surface area (Å²) in [4.78, 5) is 37.8. The molecule has 32 heavy (non-hydrogen) atoms. The van der Waals surface area contributed by atoms with Gasteiger partial charge in [0.15, 0.2) is 0 Å². The molecule has 4 amide bonds. The van der Waals surface area contributed by atoms with Crippen LogP contribution in [-0.4, -0.2) is 67.8 Å². The van der Waals surface area contributed by atoms with Gasteiger partial charge in [-0.15, -0.1) is 0 Å². The molecule has 1 N–H and O–H groups in total. The third-order valence-corrected chi connectivity index (χ3v) is 6.03. The van der Waals surface area contributed by atoms with Crippen LogP contribution in [0.4, 0.5) is 28.0 Å². The number of nitrogens with zero attached hydrogens (tertiary/aromatic N) is 3. The third kappa shape index (κ3) is 4.96. The van der Waals surface area contributed by atoms with E-state index in [0.29, 0.717) is 26.2 Å². The van der Waals surface area contributed by atoms with Gasteiger partial charge in [0.1, 0.15) is 11.9 Å². The Kier molecular flexibility index (Phi) is 4.71. The van der Waals surface area contributed by atoms with Gasteiger partial charge in [-0.2, -0.15) is 25.9 Å². The molecule has 1 aliphatic heterocycles. The molecular weight excluding hydrogens is 484 g/mol. The first-order chi connectivity index (χ1) is 17.3. The number of hydrogen-bond acceptors (Lipinski definition) is 5. The van der Waals surface area contributed by atoms with Crippen LogP contribution in [0.25, 0.3) is 0 Å². The van der Waals surface area contributed by atoms with E-state index in [9.17, 15) is 40.4 Å². The second-order valence-corrected chi connectivity index (χ2v) is 8.53. The Balaban J connectivity index is 2.52. The second-order valence-electron chi connectivity index (χ2n) is 6.42. The van der Waals surface area contributed by atoms with Crippen LogP contribution in [0.2, 0.25) is 5.02 Å². The zero-order valence-electron chi connectivity index (χ0n) is 23.1. The topological polar surface area (TPSA) is 107 Å². The van der Waals surface area contributed by atoms with E-state index in [1.807, 2.05) is 0 Å². The van der Waals surface area contributed by atoms with Gasteiger partial charge in [-0.05, 0) is 25.8 Å². The number of nitrogens with one attached hydrogen (secondary N) is 1. The summed E-state index contributed by atoms with van der Waals surface area (Å²) in [6, 6.07) is -7.24. The van der Waals surface area contributed by atoms with Crippen LogP contribution in [0.3, 0.4) is 0 Å². The number of urea groups is 1. The summed E-state index contributed by atoms with van der Waals surface area (Å²) in [5.74, 6) is -4.74. The molecular formula is C17H19ClF4N4O5S. The lowest BCUT2D eigenvalue weighted by molar-refractivity contribution is -0.179. The quantitative estimate of drug-likeness (QED) is 0.614. The maximum atomic E-state index is 14.7. The molecule has 1 saturated heterocycles. The number of rotatable bonds is 5. The van der Waals surface area contributed by atoms with Crippen molar-refractivity contribution in [1.82, 2.24) is 13.9 Å². The number of halogens is 5.